The van der Waals surface area contributed by atoms with Crippen LogP contribution in [-0.2, 0) is 4.74 Å². The largest absolute Gasteiger partial charge is 0.375 e. The molecule has 1 fully saturated rings. The van der Waals surface area contributed by atoms with E-state index in [2.05, 4.69) is 46.6 Å². The molecule has 0 aromatic heterocycles. The van der Waals surface area contributed by atoms with Crippen LogP contribution in [-0.4, -0.2) is 41.8 Å². The zero-order valence-corrected chi connectivity index (χ0v) is 13.2. The highest BCUT2D eigenvalue weighted by molar-refractivity contribution is 5.03. The second-order valence-electron chi connectivity index (χ2n) is 6.73. The molecule has 1 rings (SSSR count). The molecule has 2 N–H and O–H groups in total. The van der Waals surface area contributed by atoms with Crippen LogP contribution in [0.5, 0.6) is 0 Å². The van der Waals surface area contributed by atoms with Crippen molar-refractivity contribution in [1.82, 2.24) is 4.90 Å². The van der Waals surface area contributed by atoms with Crippen LogP contribution in [0.25, 0.3) is 0 Å². The number of hydrogen-bond donors (Lipinski definition) is 1. The lowest BCUT2D eigenvalue weighted by Crippen LogP contribution is -2.64. The molecule has 1 heterocycles. The summed E-state index contributed by atoms with van der Waals surface area (Å²) >= 11 is 0. The van der Waals surface area contributed by atoms with Crippen molar-refractivity contribution in [1.29, 1.82) is 0 Å². The van der Waals surface area contributed by atoms with E-state index in [0.717, 1.165) is 32.3 Å². The van der Waals surface area contributed by atoms with Crippen molar-refractivity contribution in [2.24, 2.45) is 5.73 Å². The number of nitrogens with two attached hydrogens (primary N) is 1. The lowest BCUT2D eigenvalue weighted by Gasteiger charge is -2.55. The molecule has 2 atom stereocenters. The molecule has 1 aliphatic rings. The predicted molar refractivity (Wildman–Crippen MR) is 77.8 cm³/mol. The van der Waals surface area contributed by atoms with Gasteiger partial charge in [0, 0.05) is 24.2 Å². The van der Waals surface area contributed by atoms with Crippen molar-refractivity contribution in [2.45, 2.75) is 77.0 Å². The van der Waals surface area contributed by atoms with Crippen molar-refractivity contribution in [3.05, 3.63) is 0 Å². The third-order valence-electron chi connectivity index (χ3n) is 5.33. The smallest absolute Gasteiger partial charge is 0.0670 e. The Labute approximate surface area is 113 Å². The number of likely N-dealkylation sites (N-methyl/N-ethyl adjacent to an activating group) is 1. The Morgan fingerprint density at radius 3 is 2.39 bits per heavy atom. The molecule has 108 valence electrons. The highest BCUT2D eigenvalue weighted by Crippen LogP contribution is 2.40. The fourth-order valence-electron chi connectivity index (χ4n) is 3.03. The van der Waals surface area contributed by atoms with Crippen LogP contribution >= 0.6 is 0 Å². The first-order valence-corrected chi connectivity index (χ1v) is 7.33. The summed E-state index contributed by atoms with van der Waals surface area (Å²) in [5.41, 5.74) is 6.42. The Morgan fingerprint density at radius 2 is 1.94 bits per heavy atom. The van der Waals surface area contributed by atoms with E-state index >= 15 is 0 Å². The van der Waals surface area contributed by atoms with Crippen LogP contribution in [0.2, 0.25) is 0 Å². The van der Waals surface area contributed by atoms with E-state index in [-0.39, 0.29) is 16.7 Å². The number of nitrogens with zero attached hydrogens (tertiary/aromatic N) is 1. The molecule has 0 radical (unpaired) electrons. The fraction of sp³-hybridized carbons (Fsp3) is 1.00. The van der Waals surface area contributed by atoms with Crippen molar-refractivity contribution < 1.29 is 4.74 Å². The molecule has 0 aromatic carbocycles. The van der Waals surface area contributed by atoms with Crippen LogP contribution in [0.3, 0.4) is 0 Å². The Balaban J connectivity index is 2.98. The molecule has 0 bridgehead atoms. The summed E-state index contributed by atoms with van der Waals surface area (Å²) in [6.07, 6.45) is 4.26. The van der Waals surface area contributed by atoms with Crippen molar-refractivity contribution in [3.63, 3.8) is 0 Å². The van der Waals surface area contributed by atoms with Gasteiger partial charge in [-0.1, -0.05) is 13.8 Å². The van der Waals surface area contributed by atoms with E-state index in [4.69, 9.17) is 10.5 Å². The van der Waals surface area contributed by atoms with Gasteiger partial charge in [-0.15, -0.1) is 0 Å². The molecule has 2 unspecified atom stereocenters. The molecule has 3 nitrogen and oxygen atoms in total. The minimum atomic E-state index is -0.0182. The second-order valence-corrected chi connectivity index (χ2v) is 6.73. The minimum Gasteiger partial charge on any atom is -0.375 e. The monoisotopic (exact) mass is 256 g/mol. The Hall–Kier alpha value is -0.120. The van der Waals surface area contributed by atoms with Crippen LogP contribution in [0.4, 0.5) is 0 Å². The van der Waals surface area contributed by atoms with Crippen molar-refractivity contribution >= 4 is 0 Å². The Morgan fingerprint density at radius 1 is 1.33 bits per heavy atom. The summed E-state index contributed by atoms with van der Waals surface area (Å²) in [5.74, 6) is 0. The average molecular weight is 256 g/mol. The van der Waals surface area contributed by atoms with E-state index in [0.29, 0.717) is 6.54 Å². The SMILES string of the molecule is CCC1(C)CC(CN)(N(C)C(C)(C)CC)CCO1. The third-order valence-corrected chi connectivity index (χ3v) is 5.33. The van der Waals surface area contributed by atoms with E-state index in [9.17, 15) is 0 Å². The van der Waals surface area contributed by atoms with Crippen LogP contribution in [0.15, 0.2) is 0 Å². The quantitative estimate of drug-likeness (QED) is 0.822. The van der Waals surface area contributed by atoms with Gasteiger partial charge in [-0.2, -0.15) is 0 Å². The molecule has 1 aliphatic heterocycles. The molecule has 18 heavy (non-hydrogen) atoms. The van der Waals surface area contributed by atoms with Gasteiger partial charge in [0.2, 0.25) is 0 Å². The summed E-state index contributed by atoms with van der Waals surface area (Å²) in [7, 11) is 2.23. The van der Waals surface area contributed by atoms with Gasteiger partial charge >= 0.3 is 0 Å². The van der Waals surface area contributed by atoms with Crippen molar-refractivity contribution in [2.75, 3.05) is 20.2 Å². The molecule has 0 aromatic rings. The van der Waals surface area contributed by atoms with Crippen molar-refractivity contribution in [3.8, 4) is 0 Å². The molecule has 0 aliphatic carbocycles. The Kier molecular flexibility index (Phi) is 4.85. The molecule has 0 saturated carbocycles. The molecule has 0 spiro atoms. The van der Waals surface area contributed by atoms with Gasteiger partial charge < -0.3 is 10.5 Å². The summed E-state index contributed by atoms with van der Waals surface area (Å²) in [5, 5.41) is 0. The first-order valence-electron chi connectivity index (χ1n) is 7.33. The zero-order chi connectivity index (χ0) is 14.0. The maximum absolute atomic E-state index is 6.17. The van der Waals surface area contributed by atoms with E-state index in [1.54, 1.807) is 0 Å². The van der Waals surface area contributed by atoms with Gasteiger partial charge in [-0.05, 0) is 53.5 Å². The number of ether oxygens (including phenoxy) is 1. The van der Waals surface area contributed by atoms with Crippen LogP contribution < -0.4 is 5.73 Å². The molecule has 3 heteroatoms. The van der Waals surface area contributed by atoms with Gasteiger partial charge in [-0.3, -0.25) is 4.90 Å². The maximum Gasteiger partial charge on any atom is 0.0670 e. The predicted octanol–water partition coefficient (Wildman–Crippen LogP) is 2.78. The molecular formula is C15H32N2O. The topological polar surface area (TPSA) is 38.5 Å². The fourth-order valence-corrected chi connectivity index (χ4v) is 3.03. The first-order chi connectivity index (χ1) is 8.25. The highest BCUT2D eigenvalue weighted by atomic mass is 16.5. The van der Waals surface area contributed by atoms with E-state index in [1.807, 2.05) is 0 Å². The van der Waals surface area contributed by atoms with Gasteiger partial charge in [0.25, 0.3) is 0 Å². The van der Waals surface area contributed by atoms with Crippen LogP contribution in [0, 0.1) is 0 Å². The van der Waals surface area contributed by atoms with Gasteiger partial charge in [0.15, 0.2) is 0 Å². The molecule has 1 saturated heterocycles. The lowest BCUT2D eigenvalue weighted by molar-refractivity contribution is -0.140. The van der Waals surface area contributed by atoms with E-state index in [1.165, 1.54) is 0 Å². The number of rotatable bonds is 5. The van der Waals surface area contributed by atoms with Gasteiger partial charge in [0.05, 0.1) is 5.60 Å². The third kappa shape index (κ3) is 2.89. The number of hydrogen-bond acceptors (Lipinski definition) is 3. The lowest BCUT2D eigenvalue weighted by atomic mass is 9.76. The van der Waals surface area contributed by atoms with E-state index < -0.39 is 0 Å². The summed E-state index contributed by atoms with van der Waals surface area (Å²) < 4.78 is 5.99. The average Bonchev–Trinajstić information content (AvgIpc) is 2.37. The van der Waals surface area contributed by atoms with Crippen LogP contribution in [0.1, 0.15) is 60.3 Å². The second kappa shape index (κ2) is 5.48. The summed E-state index contributed by atoms with van der Waals surface area (Å²) in [4.78, 5) is 2.51. The highest BCUT2D eigenvalue weighted by Gasteiger charge is 2.47. The maximum atomic E-state index is 6.17. The molecular weight excluding hydrogens is 224 g/mol. The molecule has 0 amide bonds. The van der Waals surface area contributed by atoms with Gasteiger partial charge in [-0.25, -0.2) is 0 Å². The minimum absolute atomic E-state index is 0.0182. The summed E-state index contributed by atoms with van der Waals surface area (Å²) in [6.45, 7) is 12.8. The summed E-state index contributed by atoms with van der Waals surface area (Å²) in [6, 6.07) is 0. The van der Waals surface area contributed by atoms with Gasteiger partial charge in [0.1, 0.15) is 0 Å². The zero-order valence-electron chi connectivity index (χ0n) is 13.2. The Bertz CT molecular complexity index is 275. The first kappa shape index (κ1) is 15.9. The standard InChI is InChI=1S/C15H32N2O/c1-7-13(3,4)17(6)15(12-16)9-10-18-14(5,8-2)11-15/h7-12,16H2,1-6H3. The normalized spacial score (nSPS) is 34.0.